The van der Waals surface area contributed by atoms with Gasteiger partial charge < -0.3 is 14.8 Å². The highest BCUT2D eigenvalue weighted by Crippen LogP contribution is 2.37. The maximum atomic E-state index is 14.0. The van der Waals surface area contributed by atoms with Gasteiger partial charge in [-0.1, -0.05) is 11.2 Å². The van der Waals surface area contributed by atoms with Crippen LogP contribution in [0.2, 0.25) is 0 Å². The van der Waals surface area contributed by atoms with Gasteiger partial charge in [-0.3, -0.25) is 0 Å². The second-order valence-corrected chi connectivity index (χ2v) is 4.26. The maximum absolute atomic E-state index is 14.0. The van der Waals surface area contributed by atoms with E-state index in [4.69, 9.17) is 10.3 Å². The van der Waals surface area contributed by atoms with Crippen molar-refractivity contribution in [3.05, 3.63) is 35.9 Å². The van der Waals surface area contributed by atoms with Crippen LogP contribution in [0.3, 0.4) is 0 Å². The summed E-state index contributed by atoms with van der Waals surface area (Å²) in [5.41, 5.74) is 8.57. The number of hydrogen-bond acceptors (Lipinski definition) is 3. The smallest absolute Gasteiger partial charge is 0.192 e. The first-order chi connectivity index (χ1) is 8.61. The first-order valence-electron chi connectivity index (χ1n) is 5.55. The predicted molar refractivity (Wildman–Crippen MR) is 67.5 cm³/mol. The SMILES string of the molecule is Cc1c(-c2oncc2N)c2c(F)cccc2n1C. The van der Waals surface area contributed by atoms with Crippen LogP contribution in [0.4, 0.5) is 10.1 Å². The van der Waals surface area contributed by atoms with Crippen molar-refractivity contribution in [3.8, 4) is 11.3 Å². The molecule has 0 atom stereocenters. The fraction of sp³-hybridized carbons (Fsp3) is 0.154. The lowest BCUT2D eigenvalue weighted by atomic mass is 10.1. The van der Waals surface area contributed by atoms with Crippen LogP contribution < -0.4 is 5.73 Å². The number of fused-ring (bicyclic) bond motifs is 1. The third kappa shape index (κ3) is 1.27. The average molecular weight is 245 g/mol. The highest BCUT2D eigenvalue weighted by Gasteiger charge is 2.21. The molecule has 0 saturated heterocycles. The third-order valence-corrected chi connectivity index (χ3v) is 3.29. The van der Waals surface area contributed by atoms with E-state index in [1.165, 1.54) is 12.3 Å². The Morgan fingerprint density at radius 1 is 1.39 bits per heavy atom. The van der Waals surface area contributed by atoms with E-state index in [9.17, 15) is 4.39 Å². The number of benzene rings is 1. The van der Waals surface area contributed by atoms with E-state index in [1.54, 1.807) is 6.07 Å². The average Bonchev–Trinajstić information content (AvgIpc) is 2.86. The van der Waals surface area contributed by atoms with Crippen LogP contribution in [0.25, 0.3) is 22.2 Å². The molecule has 0 aliphatic heterocycles. The van der Waals surface area contributed by atoms with E-state index in [0.29, 0.717) is 22.4 Å². The summed E-state index contributed by atoms with van der Waals surface area (Å²) < 4.78 is 21.1. The summed E-state index contributed by atoms with van der Waals surface area (Å²) in [6.45, 7) is 1.90. The van der Waals surface area contributed by atoms with Gasteiger partial charge in [-0.15, -0.1) is 0 Å². The minimum absolute atomic E-state index is 0.290. The summed E-state index contributed by atoms with van der Waals surface area (Å²) in [5.74, 6) is 0.130. The number of aryl methyl sites for hydroxylation is 1. The second kappa shape index (κ2) is 3.60. The van der Waals surface area contributed by atoms with Crippen LogP contribution in [0.15, 0.2) is 28.9 Å². The van der Waals surface area contributed by atoms with Gasteiger partial charge in [0.05, 0.1) is 17.3 Å². The van der Waals surface area contributed by atoms with E-state index in [2.05, 4.69) is 5.16 Å². The van der Waals surface area contributed by atoms with E-state index < -0.39 is 0 Å². The Labute approximate surface area is 103 Å². The monoisotopic (exact) mass is 245 g/mol. The summed E-state index contributed by atoms with van der Waals surface area (Å²) in [5, 5.41) is 4.17. The first-order valence-corrected chi connectivity index (χ1v) is 5.55. The van der Waals surface area contributed by atoms with Gasteiger partial charge in [0.2, 0.25) is 0 Å². The van der Waals surface area contributed by atoms with E-state index in [0.717, 1.165) is 11.2 Å². The van der Waals surface area contributed by atoms with Crippen molar-refractivity contribution in [3.63, 3.8) is 0 Å². The zero-order valence-corrected chi connectivity index (χ0v) is 10.1. The topological polar surface area (TPSA) is 57.0 Å². The van der Waals surface area contributed by atoms with Crippen LogP contribution in [-0.2, 0) is 7.05 Å². The molecule has 0 fully saturated rings. The molecule has 5 heteroatoms. The third-order valence-electron chi connectivity index (χ3n) is 3.29. The summed E-state index contributed by atoms with van der Waals surface area (Å²) in [6.07, 6.45) is 1.43. The Morgan fingerprint density at radius 3 is 2.83 bits per heavy atom. The molecule has 2 aromatic heterocycles. The molecule has 1 aromatic carbocycles. The minimum Gasteiger partial charge on any atom is -0.394 e. The van der Waals surface area contributed by atoms with E-state index in [1.807, 2.05) is 24.6 Å². The molecule has 0 unspecified atom stereocenters. The molecule has 0 amide bonds. The Morgan fingerprint density at radius 2 is 2.17 bits per heavy atom. The fourth-order valence-electron chi connectivity index (χ4n) is 2.28. The summed E-state index contributed by atoms with van der Waals surface area (Å²) in [6, 6.07) is 4.98. The number of hydrogen-bond donors (Lipinski definition) is 1. The van der Waals surface area contributed by atoms with Crippen molar-refractivity contribution in [2.75, 3.05) is 5.73 Å². The molecule has 0 aliphatic carbocycles. The Bertz CT molecular complexity index is 742. The van der Waals surface area contributed by atoms with Crippen molar-refractivity contribution in [1.82, 2.24) is 9.72 Å². The fourth-order valence-corrected chi connectivity index (χ4v) is 2.28. The lowest BCUT2D eigenvalue weighted by Gasteiger charge is -1.99. The molecule has 92 valence electrons. The van der Waals surface area contributed by atoms with Gasteiger partial charge in [0.1, 0.15) is 11.5 Å². The Balaban J connectivity index is 2.50. The van der Waals surface area contributed by atoms with Crippen molar-refractivity contribution in [1.29, 1.82) is 0 Å². The number of anilines is 1. The molecule has 0 saturated carbocycles. The molecular formula is C13H12FN3O. The van der Waals surface area contributed by atoms with Crippen molar-refractivity contribution < 1.29 is 8.91 Å². The van der Waals surface area contributed by atoms with Gasteiger partial charge in [0.15, 0.2) is 5.76 Å². The molecule has 0 radical (unpaired) electrons. The quantitative estimate of drug-likeness (QED) is 0.717. The van der Waals surface area contributed by atoms with Gasteiger partial charge in [-0.2, -0.15) is 0 Å². The lowest BCUT2D eigenvalue weighted by Crippen LogP contribution is -1.91. The summed E-state index contributed by atoms with van der Waals surface area (Å²) in [7, 11) is 1.88. The van der Waals surface area contributed by atoms with Crippen LogP contribution in [0, 0.1) is 12.7 Å². The molecule has 2 N–H and O–H groups in total. The summed E-state index contributed by atoms with van der Waals surface area (Å²) >= 11 is 0. The number of halogens is 1. The number of rotatable bonds is 1. The highest BCUT2D eigenvalue weighted by molar-refractivity contribution is 5.99. The zero-order valence-electron chi connectivity index (χ0n) is 10.1. The van der Waals surface area contributed by atoms with Crippen molar-refractivity contribution in [2.24, 2.45) is 7.05 Å². The van der Waals surface area contributed by atoms with Gasteiger partial charge in [-0.05, 0) is 19.1 Å². The molecule has 0 aliphatic rings. The number of nitrogens with two attached hydrogens (primary N) is 1. The molecular weight excluding hydrogens is 233 g/mol. The van der Waals surface area contributed by atoms with Gasteiger partial charge in [0, 0.05) is 18.1 Å². The molecule has 0 spiro atoms. The van der Waals surface area contributed by atoms with Crippen LogP contribution in [0.5, 0.6) is 0 Å². The standard InChI is InChI=1S/C13H12FN3O/c1-7-11(13-9(15)6-16-18-13)12-8(14)4-3-5-10(12)17(7)2/h3-6H,15H2,1-2H3. The molecule has 3 aromatic rings. The number of aromatic nitrogens is 2. The molecule has 4 nitrogen and oxygen atoms in total. The molecule has 18 heavy (non-hydrogen) atoms. The summed E-state index contributed by atoms with van der Waals surface area (Å²) in [4.78, 5) is 0. The van der Waals surface area contributed by atoms with Crippen LogP contribution in [0.1, 0.15) is 5.69 Å². The lowest BCUT2D eigenvalue weighted by molar-refractivity contribution is 0.432. The molecule has 3 rings (SSSR count). The van der Waals surface area contributed by atoms with Crippen molar-refractivity contribution in [2.45, 2.75) is 6.92 Å². The highest BCUT2D eigenvalue weighted by atomic mass is 19.1. The van der Waals surface area contributed by atoms with Crippen molar-refractivity contribution >= 4 is 16.6 Å². The number of nitrogens with zero attached hydrogens (tertiary/aromatic N) is 2. The van der Waals surface area contributed by atoms with Crippen LogP contribution >= 0.6 is 0 Å². The maximum Gasteiger partial charge on any atom is 0.192 e. The molecule has 2 heterocycles. The predicted octanol–water partition coefficient (Wildman–Crippen LogP) is 2.86. The minimum atomic E-state index is -0.290. The van der Waals surface area contributed by atoms with Gasteiger partial charge >= 0.3 is 0 Å². The normalized spacial score (nSPS) is 11.3. The van der Waals surface area contributed by atoms with Gasteiger partial charge in [0.25, 0.3) is 0 Å². The van der Waals surface area contributed by atoms with E-state index in [-0.39, 0.29) is 5.82 Å². The van der Waals surface area contributed by atoms with Gasteiger partial charge in [-0.25, -0.2) is 4.39 Å². The van der Waals surface area contributed by atoms with E-state index >= 15 is 0 Å². The Hall–Kier alpha value is -2.30. The van der Waals surface area contributed by atoms with Crippen LogP contribution in [-0.4, -0.2) is 9.72 Å². The Kier molecular flexibility index (Phi) is 2.16. The number of nitrogen functional groups attached to an aromatic ring is 1. The first kappa shape index (κ1) is 10.8. The largest absolute Gasteiger partial charge is 0.394 e. The zero-order chi connectivity index (χ0) is 12.9. The second-order valence-electron chi connectivity index (χ2n) is 4.26. The molecule has 0 bridgehead atoms.